The van der Waals surface area contributed by atoms with Crippen LogP contribution in [-0.4, -0.2) is 50.9 Å². The normalized spacial score (nSPS) is 18.3. The lowest BCUT2D eigenvalue weighted by molar-refractivity contribution is -0.122. The lowest BCUT2D eigenvalue weighted by Gasteiger charge is -2.31. The molecule has 0 bridgehead atoms. The van der Waals surface area contributed by atoms with Gasteiger partial charge in [0.25, 0.3) is 5.91 Å². The molecular weight excluding hydrogens is 330 g/mol. The van der Waals surface area contributed by atoms with E-state index >= 15 is 0 Å². The Bertz CT molecular complexity index is 818. The van der Waals surface area contributed by atoms with Gasteiger partial charge in [0.2, 0.25) is 5.91 Å². The predicted molar refractivity (Wildman–Crippen MR) is 96.7 cm³/mol. The van der Waals surface area contributed by atoms with Gasteiger partial charge in [0.05, 0.1) is 6.20 Å². The SMILES string of the molecule is Cc1cnc2c(C(=O)N3CCC(CC(=O)NCC4CC4)CC3)cnn2c1. The maximum Gasteiger partial charge on any atom is 0.259 e. The van der Waals surface area contributed by atoms with Crippen LogP contribution >= 0.6 is 0 Å². The molecule has 26 heavy (non-hydrogen) atoms. The van der Waals surface area contributed by atoms with E-state index in [0.717, 1.165) is 24.9 Å². The Kier molecular flexibility index (Phi) is 4.61. The quantitative estimate of drug-likeness (QED) is 0.887. The van der Waals surface area contributed by atoms with Crippen LogP contribution in [0.5, 0.6) is 0 Å². The van der Waals surface area contributed by atoms with Crippen molar-refractivity contribution in [1.29, 1.82) is 0 Å². The van der Waals surface area contributed by atoms with Crippen LogP contribution in [0, 0.1) is 18.8 Å². The summed E-state index contributed by atoms with van der Waals surface area (Å²) in [6, 6.07) is 0. The summed E-state index contributed by atoms with van der Waals surface area (Å²) < 4.78 is 1.65. The van der Waals surface area contributed by atoms with Gasteiger partial charge in [-0.3, -0.25) is 9.59 Å². The highest BCUT2D eigenvalue weighted by molar-refractivity contribution is 5.99. The number of hydrogen-bond donors (Lipinski definition) is 1. The number of carbonyl (C=O) groups is 2. The second kappa shape index (κ2) is 7.05. The number of piperidine rings is 1. The summed E-state index contributed by atoms with van der Waals surface area (Å²) in [4.78, 5) is 31.0. The lowest BCUT2D eigenvalue weighted by atomic mass is 9.93. The maximum atomic E-state index is 12.8. The number of hydrogen-bond acceptors (Lipinski definition) is 4. The van der Waals surface area contributed by atoms with Crippen molar-refractivity contribution in [3.63, 3.8) is 0 Å². The second-order valence-electron chi connectivity index (χ2n) is 7.64. The third kappa shape index (κ3) is 3.71. The Hall–Kier alpha value is -2.44. The van der Waals surface area contributed by atoms with Gasteiger partial charge >= 0.3 is 0 Å². The Morgan fingerprint density at radius 3 is 2.65 bits per heavy atom. The molecule has 7 nitrogen and oxygen atoms in total. The monoisotopic (exact) mass is 355 g/mol. The fraction of sp³-hybridized carbons (Fsp3) is 0.579. The zero-order chi connectivity index (χ0) is 18.1. The van der Waals surface area contributed by atoms with E-state index < -0.39 is 0 Å². The van der Waals surface area contributed by atoms with E-state index in [9.17, 15) is 9.59 Å². The Labute approximate surface area is 152 Å². The number of aromatic nitrogens is 3. The van der Waals surface area contributed by atoms with Gasteiger partial charge in [-0.25, -0.2) is 9.50 Å². The first kappa shape index (κ1) is 17.0. The number of nitrogens with zero attached hydrogens (tertiary/aromatic N) is 4. The van der Waals surface area contributed by atoms with E-state index in [1.807, 2.05) is 18.0 Å². The fourth-order valence-corrected chi connectivity index (χ4v) is 3.54. The van der Waals surface area contributed by atoms with Crippen molar-refractivity contribution in [3.8, 4) is 0 Å². The molecule has 1 saturated carbocycles. The molecule has 2 aliphatic rings. The molecule has 1 aliphatic carbocycles. The molecular formula is C19H25N5O2. The summed E-state index contributed by atoms with van der Waals surface area (Å²) in [5.41, 5.74) is 2.15. The van der Waals surface area contributed by atoms with Crippen molar-refractivity contribution in [2.24, 2.45) is 11.8 Å². The Balaban J connectivity index is 1.32. The first-order valence-corrected chi connectivity index (χ1v) is 9.46. The molecule has 2 aromatic heterocycles. The van der Waals surface area contributed by atoms with Gasteiger partial charge in [-0.1, -0.05) is 0 Å². The highest BCUT2D eigenvalue weighted by atomic mass is 16.2. The minimum Gasteiger partial charge on any atom is -0.356 e. The number of likely N-dealkylation sites (tertiary alicyclic amines) is 1. The van der Waals surface area contributed by atoms with Crippen molar-refractivity contribution in [3.05, 3.63) is 29.7 Å². The van der Waals surface area contributed by atoms with Crippen LogP contribution in [0.1, 0.15) is 48.0 Å². The highest BCUT2D eigenvalue weighted by Crippen LogP contribution is 2.28. The van der Waals surface area contributed by atoms with Crippen LogP contribution in [0.15, 0.2) is 18.6 Å². The minimum absolute atomic E-state index is 0.0204. The van der Waals surface area contributed by atoms with Crippen molar-refractivity contribution in [1.82, 2.24) is 24.8 Å². The van der Waals surface area contributed by atoms with Gasteiger partial charge < -0.3 is 10.2 Å². The molecule has 1 N–H and O–H groups in total. The summed E-state index contributed by atoms with van der Waals surface area (Å²) in [6.07, 6.45) is 10.0. The Morgan fingerprint density at radius 2 is 1.92 bits per heavy atom. The van der Waals surface area contributed by atoms with E-state index in [-0.39, 0.29) is 11.8 Å². The minimum atomic E-state index is -0.0204. The first-order chi connectivity index (χ1) is 12.6. The number of nitrogens with one attached hydrogen (secondary N) is 1. The van der Waals surface area contributed by atoms with E-state index in [0.29, 0.717) is 42.6 Å². The fourth-order valence-electron chi connectivity index (χ4n) is 3.54. The summed E-state index contributed by atoms with van der Waals surface area (Å²) in [7, 11) is 0. The number of fused-ring (bicyclic) bond motifs is 1. The third-order valence-electron chi connectivity index (χ3n) is 5.38. The molecule has 1 saturated heterocycles. The number of carbonyl (C=O) groups excluding carboxylic acids is 2. The van der Waals surface area contributed by atoms with Gasteiger partial charge in [0, 0.05) is 38.4 Å². The standard InChI is InChI=1S/C19H25N5O2/c1-13-9-21-18-16(11-22-24(18)12-13)19(26)23-6-4-14(5-7-23)8-17(25)20-10-15-2-3-15/h9,11-12,14-15H,2-8,10H2,1H3,(H,20,25). The molecule has 0 aromatic carbocycles. The molecule has 0 spiro atoms. The zero-order valence-corrected chi connectivity index (χ0v) is 15.1. The lowest BCUT2D eigenvalue weighted by Crippen LogP contribution is -2.39. The largest absolute Gasteiger partial charge is 0.356 e. The van der Waals surface area contributed by atoms with Gasteiger partial charge in [0.1, 0.15) is 5.56 Å². The Morgan fingerprint density at radius 1 is 1.15 bits per heavy atom. The molecule has 2 aromatic rings. The topological polar surface area (TPSA) is 79.6 Å². The third-order valence-corrected chi connectivity index (χ3v) is 5.38. The van der Waals surface area contributed by atoms with E-state index in [4.69, 9.17) is 0 Å². The number of aryl methyl sites for hydroxylation is 1. The van der Waals surface area contributed by atoms with Crippen LogP contribution in [0.25, 0.3) is 5.65 Å². The van der Waals surface area contributed by atoms with Crippen molar-refractivity contribution >= 4 is 17.5 Å². The van der Waals surface area contributed by atoms with E-state index in [1.54, 1.807) is 16.9 Å². The van der Waals surface area contributed by atoms with Crippen molar-refractivity contribution in [2.75, 3.05) is 19.6 Å². The molecule has 7 heteroatoms. The zero-order valence-electron chi connectivity index (χ0n) is 15.1. The molecule has 0 atom stereocenters. The molecule has 1 aliphatic heterocycles. The van der Waals surface area contributed by atoms with Gasteiger partial charge in [-0.2, -0.15) is 5.10 Å². The van der Waals surface area contributed by atoms with Gasteiger partial charge in [0.15, 0.2) is 5.65 Å². The summed E-state index contributed by atoms with van der Waals surface area (Å²) in [5.74, 6) is 1.21. The average molecular weight is 355 g/mol. The molecule has 2 fully saturated rings. The summed E-state index contributed by atoms with van der Waals surface area (Å²) >= 11 is 0. The number of rotatable bonds is 5. The van der Waals surface area contributed by atoms with E-state index in [1.165, 1.54) is 12.8 Å². The van der Waals surface area contributed by atoms with Gasteiger partial charge in [-0.05, 0) is 50.0 Å². The number of amides is 2. The average Bonchev–Trinajstić information content (AvgIpc) is 3.38. The van der Waals surface area contributed by atoms with Gasteiger partial charge in [-0.15, -0.1) is 0 Å². The predicted octanol–water partition coefficient (Wildman–Crippen LogP) is 1.81. The smallest absolute Gasteiger partial charge is 0.259 e. The summed E-state index contributed by atoms with van der Waals surface area (Å²) in [6.45, 7) is 4.14. The highest BCUT2D eigenvalue weighted by Gasteiger charge is 2.28. The van der Waals surface area contributed by atoms with Crippen LogP contribution in [0.4, 0.5) is 0 Å². The summed E-state index contributed by atoms with van der Waals surface area (Å²) in [5, 5.41) is 7.28. The maximum absolute atomic E-state index is 12.8. The van der Waals surface area contributed by atoms with Crippen LogP contribution < -0.4 is 5.32 Å². The molecule has 2 amide bonds. The molecule has 138 valence electrons. The van der Waals surface area contributed by atoms with Crippen LogP contribution in [0.2, 0.25) is 0 Å². The van der Waals surface area contributed by atoms with Crippen molar-refractivity contribution in [2.45, 2.75) is 39.0 Å². The van der Waals surface area contributed by atoms with Crippen LogP contribution in [-0.2, 0) is 4.79 Å². The van der Waals surface area contributed by atoms with Crippen molar-refractivity contribution < 1.29 is 9.59 Å². The second-order valence-corrected chi connectivity index (χ2v) is 7.64. The van der Waals surface area contributed by atoms with Crippen LogP contribution in [0.3, 0.4) is 0 Å². The van der Waals surface area contributed by atoms with E-state index in [2.05, 4.69) is 15.4 Å². The molecule has 4 rings (SSSR count). The molecule has 0 unspecified atom stereocenters. The first-order valence-electron chi connectivity index (χ1n) is 9.46. The molecule has 0 radical (unpaired) electrons. The molecule has 3 heterocycles.